The van der Waals surface area contributed by atoms with Crippen molar-refractivity contribution >= 4 is 23.2 Å². The number of piperidine rings is 1. The Hall–Kier alpha value is -2.43. The lowest BCUT2D eigenvalue weighted by Crippen LogP contribution is -2.43. The maximum absolute atomic E-state index is 14.4. The summed E-state index contributed by atoms with van der Waals surface area (Å²) in [4.78, 5) is 19.1. The maximum Gasteiger partial charge on any atom is 0.425 e. The molecule has 190 valence electrons. The molecule has 2 N–H and O–H groups in total. The molecule has 0 aliphatic carbocycles. The zero-order chi connectivity index (χ0) is 25.4. The van der Waals surface area contributed by atoms with Crippen molar-refractivity contribution in [1.29, 1.82) is 0 Å². The van der Waals surface area contributed by atoms with E-state index in [0.29, 0.717) is 38.0 Å². The number of carbonyl (C=O) groups is 1. The van der Waals surface area contributed by atoms with Crippen LogP contribution in [0.25, 0.3) is 0 Å². The van der Waals surface area contributed by atoms with E-state index in [9.17, 15) is 27.5 Å². The van der Waals surface area contributed by atoms with Crippen LogP contribution < -0.4 is 15.0 Å². The fraction of sp³-hybridized carbons (Fsp3) is 0.500. The Kier molecular flexibility index (Phi) is 7.26. The van der Waals surface area contributed by atoms with Gasteiger partial charge in [0.2, 0.25) is 11.8 Å². The standard InChI is InChI=1S/C24H26ClF4N3O3/c1-14(24(27,28)29)35-20-6-5-15(13-31-20)32-16(12-23(22(32)34)7-9-30-10-8-23)11-19(33)21-17(25)3-2-4-18(21)26/h2-6,13-14,16,19,30,33H,7-12H2,1H3/t14-,16?,19?/m0/s1. The number of pyridine rings is 1. The molecule has 2 aromatic rings. The molecular weight excluding hydrogens is 490 g/mol. The second-order valence-electron chi connectivity index (χ2n) is 9.11. The predicted molar refractivity (Wildman–Crippen MR) is 122 cm³/mol. The minimum Gasteiger partial charge on any atom is -0.465 e. The van der Waals surface area contributed by atoms with E-state index < -0.39 is 35.7 Å². The van der Waals surface area contributed by atoms with Crippen molar-refractivity contribution in [3.63, 3.8) is 0 Å². The molecule has 1 amide bonds. The van der Waals surface area contributed by atoms with Crippen LogP contribution in [-0.2, 0) is 4.79 Å². The summed E-state index contributed by atoms with van der Waals surface area (Å²) in [5.41, 5.74) is -0.306. The largest absolute Gasteiger partial charge is 0.465 e. The second-order valence-corrected chi connectivity index (χ2v) is 9.51. The van der Waals surface area contributed by atoms with Gasteiger partial charge in [0.15, 0.2) is 6.10 Å². The first-order chi connectivity index (χ1) is 16.5. The molecule has 6 nitrogen and oxygen atoms in total. The van der Waals surface area contributed by atoms with Gasteiger partial charge < -0.3 is 20.1 Å². The van der Waals surface area contributed by atoms with Crippen LogP contribution in [0.15, 0.2) is 36.5 Å². The Morgan fingerprint density at radius 3 is 2.60 bits per heavy atom. The van der Waals surface area contributed by atoms with Crippen molar-refractivity contribution in [3.8, 4) is 5.88 Å². The smallest absolute Gasteiger partial charge is 0.425 e. The van der Waals surface area contributed by atoms with Gasteiger partial charge in [0.25, 0.3) is 0 Å². The molecule has 1 aromatic heterocycles. The fourth-order valence-electron chi connectivity index (χ4n) is 4.93. The van der Waals surface area contributed by atoms with Gasteiger partial charge in [-0.25, -0.2) is 9.37 Å². The number of nitrogens with zero attached hydrogens (tertiary/aromatic N) is 2. The van der Waals surface area contributed by atoms with Gasteiger partial charge in [-0.1, -0.05) is 17.7 Å². The first-order valence-corrected chi connectivity index (χ1v) is 11.8. The summed E-state index contributed by atoms with van der Waals surface area (Å²) in [6, 6.07) is 6.39. The molecule has 2 aliphatic heterocycles. The molecule has 3 heterocycles. The minimum atomic E-state index is -4.54. The zero-order valence-corrected chi connectivity index (χ0v) is 19.7. The third-order valence-electron chi connectivity index (χ3n) is 6.81. The summed E-state index contributed by atoms with van der Waals surface area (Å²) in [5.74, 6) is -1.01. The number of anilines is 1. The van der Waals surface area contributed by atoms with Crippen LogP contribution in [0.2, 0.25) is 5.02 Å². The number of halogens is 5. The Morgan fingerprint density at radius 2 is 2.00 bits per heavy atom. The van der Waals surface area contributed by atoms with Gasteiger partial charge in [-0.15, -0.1) is 0 Å². The number of nitrogens with one attached hydrogen (secondary N) is 1. The summed E-state index contributed by atoms with van der Waals surface area (Å²) < 4.78 is 57.7. The van der Waals surface area contributed by atoms with Gasteiger partial charge in [0.05, 0.1) is 23.4 Å². The van der Waals surface area contributed by atoms with Crippen molar-refractivity contribution in [2.24, 2.45) is 5.41 Å². The fourth-order valence-corrected chi connectivity index (χ4v) is 5.22. The van der Waals surface area contributed by atoms with Crippen LogP contribution in [0.5, 0.6) is 5.88 Å². The molecule has 2 unspecified atom stereocenters. The quantitative estimate of drug-likeness (QED) is 0.540. The molecule has 2 saturated heterocycles. The topological polar surface area (TPSA) is 74.7 Å². The summed E-state index contributed by atoms with van der Waals surface area (Å²) >= 11 is 6.13. The molecular formula is C24H26ClF4N3O3. The number of benzene rings is 1. The van der Waals surface area contributed by atoms with Crippen LogP contribution in [0.4, 0.5) is 23.2 Å². The first kappa shape index (κ1) is 25.7. The van der Waals surface area contributed by atoms with Crippen molar-refractivity contribution in [1.82, 2.24) is 10.3 Å². The maximum atomic E-state index is 14.4. The van der Waals surface area contributed by atoms with E-state index in [1.165, 1.54) is 41.4 Å². The lowest BCUT2D eigenvalue weighted by atomic mass is 9.76. The number of amides is 1. The molecule has 0 saturated carbocycles. The van der Waals surface area contributed by atoms with Crippen LogP contribution in [-0.4, -0.2) is 47.4 Å². The van der Waals surface area contributed by atoms with Crippen LogP contribution in [0, 0.1) is 11.2 Å². The number of aliphatic hydroxyl groups excluding tert-OH is 1. The molecule has 2 fully saturated rings. The molecule has 11 heteroatoms. The second kappa shape index (κ2) is 9.91. The van der Waals surface area contributed by atoms with Gasteiger partial charge in [-0.05, 0) is 63.9 Å². The number of carbonyl (C=O) groups excluding carboxylic acids is 1. The normalized spacial score (nSPS) is 21.9. The van der Waals surface area contributed by atoms with Crippen molar-refractivity contribution in [2.75, 3.05) is 18.0 Å². The number of hydrogen-bond donors (Lipinski definition) is 2. The number of rotatable bonds is 6. The molecule has 1 spiro atoms. The molecule has 4 rings (SSSR count). The highest BCUT2D eigenvalue weighted by Gasteiger charge is 2.52. The summed E-state index contributed by atoms with van der Waals surface area (Å²) in [6.45, 7) is 2.20. The van der Waals surface area contributed by atoms with E-state index in [2.05, 4.69) is 10.3 Å². The number of ether oxygens (including phenoxy) is 1. The van der Waals surface area contributed by atoms with Gasteiger partial charge >= 0.3 is 6.18 Å². The SMILES string of the molecule is C[C@H](Oc1ccc(N2C(=O)C3(CCNCC3)CC2CC(O)c2c(F)cccc2Cl)cn1)C(F)(F)F. The van der Waals surface area contributed by atoms with E-state index >= 15 is 0 Å². The van der Waals surface area contributed by atoms with Crippen molar-refractivity contribution in [3.05, 3.63) is 52.9 Å². The molecule has 0 bridgehead atoms. The van der Waals surface area contributed by atoms with Crippen LogP contribution in [0.1, 0.15) is 44.3 Å². The molecule has 1 aromatic carbocycles. The van der Waals surface area contributed by atoms with E-state index in [1.54, 1.807) is 0 Å². The number of hydrogen-bond acceptors (Lipinski definition) is 5. The molecule has 2 aliphatic rings. The minimum absolute atomic E-state index is 0.0316. The van der Waals surface area contributed by atoms with Crippen molar-refractivity contribution < 1.29 is 32.2 Å². The first-order valence-electron chi connectivity index (χ1n) is 11.4. The van der Waals surface area contributed by atoms with Crippen LogP contribution in [0.3, 0.4) is 0 Å². The van der Waals surface area contributed by atoms with E-state index in [-0.39, 0.29) is 28.8 Å². The highest BCUT2D eigenvalue weighted by molar-refractivity contribution is 6.31. The molecule has 3 atom stereocenters. The van der Waals surface area contributed by atoms with Gasteiger partial charge in [0, 0.05) is 22.7 Å². The van der Waals surface area contributed by atoms with Gasteiger partial charge in [-0.3, -0.25) is 4.79 Å². The lowest BCUT2D eigenvalue weighted by molar-refractivity contribution is -0.189. The molecule has 35 heavy (non-hydrogen) atoms. The average molecular weight is 516 g/mol. The van der Waals surface area contributed by atoms with Gasteiger partial charge in [-0.2, -0.15) is 13.2 Å². The van der Waals surface area contributed by atoms with E-state index in [4.69, 9.17) is 16.3 Å². The summed E-state index contributed by atoms with van der Waals surface area (Å²) in [7, 11) is 0. The van der Waals surface area contributed by atoms with Crippen LogP contribution >= 0.6 is 11.6 Å². The third kappa shape index (κ3) is 5.24. The Labute approximate surface area is 205 Å². The van der Waals surface area contributed by atoms with Gasteiger partial charge in [0.1, 0.15) is 5.82 Å². The highest BCUT2D eigenvalue weighted by atomic mass is 35.5. The zero-order valence-electron chi connectivity index (χ0n) is 19.0. The number of aliphatic hydroxyl groups is 1. The highest BCUT2D eigenvalue weighted by Crippen LogP contribution is 2.47. The van der Waals surface area contributed by atoms with E-state index in [0.717, 1.165) is 6.92 Å². The number of aromatic nitrogens is 1. The Morgan fingerprint density at radius 1 is 1.29 bits per heavy atom. The third-order valence-corrected chi connectivity index (χ3v) is 7.14. The average Bonchev–Trinajstić information content (AvgIpc) is 3.04. The lowest BCUT2D eigenvalue weighted by Gasteiger charge is -2.32. The Bertz CT molecular complexity index is 1040. The Balaban J connectivity index is 1.61. The predicted octanol–water partition coefficient (Wildman–Crippen LogP) is 4.80. The monoisotopic (exact) mass is 515 g/mol. The molecule has 0 radical (unpaired) electrons. The van der Waals surface area contributed by atoms with E-state index in [1.807, 2.05) is 0 Å². The summed E-state index contributed by atoms with van der Waals surface area (Å²) in [5, 5.41) is 14.2. The van der Waals surface area contributed by atoms with Crippen molar-refractivity contribution in [2.45, 2.75) is 57.0 Å². The summed E-state index contributed by atoms with van der Waals surface area (Å²) in [6.07, 6.45) is -4.87. The number of alkyl halides is 3.